The summed E-state index contributed by atoms with van der Waals surface area (Å²) in [4.78, 5) is 4.61. The van der Waals surface area contributed by atoms with Gasteiger partial charge in [-0.25, -0.2) is 4.99 Å². The van der Waals surface area contributed by atoms with Gasteiger partial charge in [0, 0.05) is 6.42 Å². The maximum Gasteiger partial charge on any atom is 0.416 e. The first kappa shape index (κ1) is 21.2. The summed E-state index contributed by atoms with van der Waals surface area (Å²) >= 11 is 0. The number of hydrogen-bond acceptors (Lipinski definition) is 3. The standard InChI is InChI=1S/C23H26F3NO2/c1-15(2)17-7-11-19(12-8-17)29-20(21-27-22(3,4)14-28-21)13-16-5-9-18(10-6-16)23(24,25)26/h5-12,15,20H,13-14H2,1-4H3. The summed E-state index contributed by atoms with van der Waals surface area (Å²) in [6.07, 6.45) is -4.51. The van der Waals surface area contributed by atoms with Gasteiger partial charge in [0.25, 0.3) is 0 Å². The first-order chi connectivity index (χ1) is 13.5. The molecule has 0 saturated heterocycles. The van der Waals surface area contributed by atoms with Gasteiger partial charge < -0.3 is 9.47 Å². The molecule has 0 amide bonds. The van der Waals surface area contributed by atoms with Crippen LogP contribution in [0.5, 0.6) is 5.75 Å². The maximum atomic E-state index is 12.8. The first-order valence-corrected chi connectivity index (χ1v) is 9.69. The number of halogens is 3. The van der Waals surface area contributed by atoms with Crippen molar-refractivity contribution in [1.82, 2.24) is 0 Å². The zero-order valence-electron chi connectivity index (χ0n) is 17.1. The molecule has 0 saturated carbocycles. The molecule has 0 radical (unpaired) electrons. The molecule has 2 aromatic carbocycles. The summed E-state index contributed by atoms with van der Waals surface area (Å²) < 4.78 is 50.4. The number of hydrogen-bond donors (Lipinski definition) is 0. The van der Waals surface area contributed by atoms with Gasteiger partial charge in [-0.05, 0) is 55.2 Å². The van der Waals surface area contributed by atoms with Crippen molar-refractivity contribution in [3.8, 4) is 5.75 Å². The van der Waals surface area contributed by atoms with E-state index in [4.69, 9.17) is 9.47 Å². The summed E-state index contributed by atoms with van der Waals surface area (Å²) in [5.41, 5.74) is 0.905. The molecule has 0 N–H and O–H groups in total. The number of nitrogens with zero attached hydrogens (tertiary/aromatic N) is 1. The van der Waals surface area contributed by atoms with Crippen LogP contribution in [0.25, 0.3) is 0 Å². The molecule has 1 aliphatic heterocycles. The van der Waals surface area contributed by atoms with E-state index in [1.165, 1.54) is 17.7 Å². The molecule has 0 aromatic heterocycles. The predicted octanol–water partition coefficient (Wildman–Crippen LogP) is 6.03. The number of ether oxygens (including phenoxy) is 2. The number of aliphatic imine (C=N–C) groups is 1. The van der Waals surface area contributed by atoms with Crippen LogP contribution in [0.15, 0.2) is 53.5 Å². The lowest BCUT2D eigenvalue weighted by Gasteiger charge is -2.19. The molecule has 3 rings (SSSR count). The molecule has 0 fully saturated rings. The van der Waals surface area contributed by atoms with Crippen molar-refractivity contribution in [2.24, 2.45) is 4.99 Å². The van der Waals surface area contributed by atoms with Gasteiger partial charge in [0.05, 0.1) is 11.1 Å². The molecule has 6 heteroatoms. The molecule has 29 heavy (non-hydrogen) atoms. The van der Waals surface area contributed by atoms with Gasteiger partial charge in [-0.15, -0.1) is 0 Å². The lowest BCUT2D eigenvalue weighted by Crippen LogP contribution is -2.30. The van der Waals surface area contributed by atoms with Gasteiger partial charge in [0.1, 0.15) is 12.4 Å². The Morgan fingerprint density at radius 3 is 2.14 bits per heavy atom. The van der Waals surface area contributed by atoms with E-state index < -0.39 is 17.8 Å². The van der Waals surface area contributed by atoms with Gasteiger partial charge in [0.2, 0.25) is 5.90 Å². The summed E-state index contributed by atoms with van der Waals surface area (Å²) in [5.74, 6) is 1.56. The third-order valence-corrected chi connectivity index (χ3v) is 4.79. The minimum atomic E-state index is -4.35. The van der Waals surface area contributed by atoms with Gasteiger partial charge in [-0.3, -0.25) is 0 Å². The third kappa shape index (κ3) is 5.52. The Bertz CT molecular complexity index is 853. The Morgan fingerprint density at radius 2 is 1.66 bits per heavy atom. The smallest absolute Gasteiger partial charge is 0.416 e. The van der Waals surface area contributed by atoms with Crippen LogP contribution in [0.4, 0.5) is 13.2 Å². The van der Waals surface area contributed by atoms with Crippen LogP contribution in [-0.2, 0) is 17.3 Å². The van der Waals surface area contributed by atoms with E-state index in [0.29, 0.717) is 30.6 Å². The Kier molecular flexibility index (Phi) is 5.92. The van der Waals surface area contributed by atoms with Crippen LogP contribution in [-0.4, -0.2) is 24.1 Å². The lowest BCUT2D eigenvalue weighted by atomic mass is 10.0. The highest BCUT2D eigenvalue weighted by Crippen LogP contribution is 2.30. The van der Waals surface area contributed by atoms with Crippen molar-refractivity contribution in [3.05, 3.63) is 65.2 Å². The summed E-state index contributed by atoms with van der Waals surface area (Å²) in [6.45, 7) is 8.61. The van der Waals surface area contributed by atoms with Gasteiger partial charge in [-0.2, -0.15) is 13.2 Å². The zero-order chi connectivity index (χ0) is 21.2. The fourth-order valence-electron chi connectivity index (χ4n) is 3.10. The monoisotopic (exact) mass is 405 g/mol. The van der Waals surface area contributed by atoms with Crippen molar-refractivity contribution in [3.63, 3.8) is 0 Å². The first-order valence-electron chi connectivity index (χ1n) is 9.69. The normalized spacial score (nSPS) is 17.0. The highest BCUT2D eigenvalue weighted by Gasteiger charge is 2.33. The predicted molar refractivity (Wildman–Crippen MR) is 108 cm³/mol. The van der Waals surface area contributed by atoms with Gasteiger partial charge >= 0.3 is 6.18 Å². The summed E-state index contributed by atoms with van der Waals surface area (Å²) in [7, 11) is 0. The maximum absolute atomic E-state index is 12.8. The second kappa shape index (κ2) is 8.09. The van der Waals surface area contributed by atoms with E-state index in [9.17, 15) is 13.2 Å². The molecule has 1 atom stereocenters. The molecule has 3 nitrogen and oxygen atoms in total. The number of rotatable bonds is 6. The Labute approximate surface area is 169 Å². The van der Waals surface area contributed by atoms with Gasteiger partial charge in [-0.1, -0.05) is 38.1 Å². The quantitative estimate of drug-likeness (QED) is 0.588. The molecular weight excluding hydrogens is 379 g/mol. The van der Waals surface area contributed by atoms with E-state index in [0.717, 1.165) is 17.7 Å². The van der Waals surface area contributed by atoms with Crippen LogP contribution in [0.1, 0.15) is 50.3 Å². The molecule has 1 aliphatic rings. The molecule has 1 unspecified atom stereocenters. The molecule has 0 spiro atoms. The van der Waals surface area contributed by atoms with Crippen LogP contribution in [0.3, 0.4) is 0 Å². The average Bonchev–Trinajstić information content (AvgIpc) is 3.01. The topological polar surface area (TPSA) is 30.8 Å². The summed E-state index contributed by atoms with van der Waals surface area (Å²) in [5, 5.41) is 0. The van der Waals surface area contributed by atoms with E-state index in [1.807, 2.05) is 38.1 Å². The molecule has 0 bridgehead atoms. The fraction of sp³-hybridized carbons (Fsp3) is 0.435. The Morgan fingerprint density at radius 1 is 1.03 bits per heavy atom. The lowest BCUT2D eigenvalue weighted by molar-refractivity contribution is -0.137. The number of benzene rings is 2. The largest absolute Gasteiger partial charge is 0.480 e. The fourth-order valence-corrected chi connectivity index (χ4v) is 3.10. The molecule has 156 valence electrons. The Hall–Kier alpha value is -2.50. The zero-order valence-corrected chi connectivity index (χ0v) is 17.1. The minimum absolute atomic E-state index is 0.349. The summed E-state index contributed by atoms with van der Waals surface area (Å²) in [6, 6.07) is 12.9. The van der Waals surface area contributed by atoms with Gasteiger partial charge in [0.15, 0.2) is 6.10 Å². The number of alkyl halides is 3. The molecule has 1 heterocycles. The van der Waals surface area contributed by atoms with Crippen LogP contribution in [0, 0.1) is 0 Å². The van der Waals surface area contributed by atoms with E-state index in [2.05, 4.69) is 18.8 Å². The SMILES string of the molecule is CC(C)c1ccc(OC(Cc2ccc(C(F)(F)F)cc2)C2=NC(C)(C)CO2)cc1. The van der Waals surface area contributed by atoms with Crippen LogP contribution < -0.4 is 4.74 Å². The minimum Gasteiger partial charge on any atom is -0.480 e. The van der Waals surface area contributed by atoms with Crippen molar-refractivity contribution in [2.45, 2.75) is 57.9 Å². The highest BCUT2D eigenvalue weighted by molar-refractivity contribution is 5.83. The third-order valence-electron chi connectivity index (χ3n) is 4.79. The molecule has 0 aliphatic carbocycles. The van der Waals surface area contributed by atoms with Crippen LogP contribution >= 0.6 is 0 Å². The van der Waals surface area contributed by atoms with E-state index in [1.54, 1.807) is 0 Å². The average molecular weight is 405 g/mol. The van der Waals surface area contributed by atoms with E-state index in [-0.39, 0.29) is 5.54 Å². The van der Waals surface area contributed by atoms with Crippen molar-refractivity contribution < 1.29 is 22.6 Å². The second-order valence-corrected chi connectivity index (χ2v) is 8.28. The molecular formula is C23H26F3NO2. The molecule has 2 aromatic rings. The van der Waals surface area contributed by atoms with E-state index >= 15 is 0 Å². The highest BCUT2D eigenvalue weighted by atomic mass is 19.4. The second-order valence-electron chi connectivity index (χ2n) is 8.28. The van der Waals surface area contributed by atoms with Crippen molar-refractivity contribution in [1.29, 1.82) is 0 Å². The van der Waals surface area contributed by atoms with Crippen molar-refractivity contribution in [2.75, 3.05) is 6.61 Å². The van der Waals surface area contributed by atoms with Crippen molar-refractivity contribution >= 4 is 5.90 Å². The van der Waals surface area contributed by atoms with Crippen LogP contribution in [0.2, 0.25) is 0 Å². The Balaban J connectivity index is 1.82.